The molecule has 1 aliphatic heterocycles. The summed E-state index contributed by atoms with van der Waals surface area (Å²) in [6, 6.07) is 9.91. The lowest BCUT2D eigenvalue weighted by atomic mass is 10.1. The maximum Gasteiger partial charge on any atom is 0.257 e. The number of nitrogens with one attached hydrogen (secondary N) is 1. The maximum atomic E-state index is 12.4. The summed E-state index contributed by atoms with van der Waals surface area (Å²) in [6.07, 6.45) is 4.08. The molecule has 0 bridgehead atoms. The second kappa shape index (κ2) is 7.62. The Morgan fingerprint density at radius 1 is 1.30 bits per heavy atom. The van der Waals surface area contributed by atoms with Gasteiger partial charge in [0.25, 0.3) is 5.91 Å². The Morgan fingerprint density at radius 3 is 2.85 bits per heavy atom. The zero-order chi connectivity index (χ0) is 18.8. The SMILES string of the molecule is Cc1ccc(C(=O)Nc2nc([C@H]3CCCN3Cc3ccnn3C)cs2)cc1. The third-order valence-electron chi connectivity index (χ3n) is 5.05. The molecule has 0 unspecified atom stereocenters. The molecule has 1 amide bonds. The molecule has 3 heterocycles. The first-order valence-corrected chi connectivity index (χ1v) is 10.0. The lowest BCUT2D eigenvalue weighted by Gasteiger charge is -2.22. The minimum atomic E-state index is -0.117. The largest absolute Gasteiger partial charge is 0.298 e. The van der Waals surface area contributed by atoms with Crippen LogP contribution in [0.25, 0.3) is 0 Å². The summed E-state index contributed by atoms with van der Waals surface area (Å²) in [5.74, 6) is -0.117. The highest BCUT2D eigenvalue weighted by Gasteiger charge is 2.28. The van der Waals surface area contributed by atoms with Gasteiger partial charge in [0.2, 0.25) is 0 Å². The summed E-state index contributed by atoms with van der Waals surface area (Å²) in [5, 5.41) is 9.91. The van der Waals surface area contributed by atoms with Gasteiger partial charge in [0.1, 0.15) is 0 Å². The predicted octanol–water partition coefficient (Wildman–Crippen LogP) is 3.77. The highest BCUT2D eigenvalue weighted by molar-refractivity contribution is 7.14. The van der Waals surface area contributed by atoms with Crippen molar-refractivity contribution in [2.45, 2.75) is 32.4 Å². The van der Waals surface area contributed by atoms with E-state index in [1.54, 1.807) is 0 Å². The summed E-state index contributed by atoms with van der Waals surface area (Å²) in [5.41, 5.74) is 4.03. The van der Waals surface area contributed by atoms with E-state index in [1.807, 2.05) is 49.1 Å². The Balaban J connectivity index is 1.44. The molecular formula is C20H23N5OS. The zero-order valence-corrected chi connectivity index (χ0v) is 16.4. The molecule has 7 heteroatoms. The minimum absolute atomic E-state index is 0.117. The van der Waals surface area contributed by atoms with Crippen molar-refractivity contribution in [2.24, 2.45) is 7.05 Å². The number of anilines is 1. The van der Waals surface area contributed by atoms with E-state index in [0.717, 1.165) is 37.2 Å². The van der Waals surface area contributed by atoms with Gasteiger partial charge >= 0.3 is 0 Å². The van der Waals surface area contributed by atoms with E-state index in [4.69, 9.17) is 4.98 Å². The van der Waals surface area contributed by atoms with Crippen LogP contribution in [0.4, 0.5) is 5.13 Å². The lowest BCUT2D eigenvalue weighted by molar-refractivity contribution is 0.102. The Kier molecular flexibility index (Phi) is 5.05. The third kappa shape index (κ3) is 3.94. The zero-order valence-electron chi connectivity index (χ0n) is 15.6. The van der Waals surface area contributed by atoms with Gasteiger partial charge in [0, 0.05) is 30.7 Å². The molecule has 4 rings (SSSR count). The van der Waals surface area contributed by atoms with Crippen molar-refractivity contribution in [1.82, 2.24) is 19.7 Å². The summed E-state index contributed by atoms with van der Waals surface area (Å²) in [4.78, 5) is 19.5. The number of rotatable bonds is 5. The number of amides is 1. The number of hydrogen-bond acceptors (Lipinski definition) is 5. The van der Waals surface area contributed by atoms with Gasteiger partial charge in [0.15, 0.2) is 5.13 Å². The van der Waals surface area contributed by atoms with Crippen molar-refractivity contribution >= 4 is 22.4 Å². The monoisotopic (exact) mass is 381 g/mol. The van der Waals surface area contributed by atoms with Crippen molar-refractivity contribution in [3.05, 3.63) is 64.4 Å². The van der Waals surface area contributed by atoms with E-state index in [2.05, 4.69) is 26.8 Å². The molecular weight excluding hydrogens is 358 g/mol. The Hall–Kier alpha value is -2.51. The molecule has 0 radical (unpaired) electrons. The molecule has 1 saturated heterocycles. The van der Waals surface area contributed by atoms with Crippen LogP contribution in [0.2, 0.25) is 0 Å². The van der Waals surface area contributed by atoms with Crippen LogP contribution in [0.3, 0.4) is 0 Å². The molecule has 3 aromatic rings. The third-order valence-corrected chi connectivity index (χ3v) is 5.82. The van der Waals surface area contributed by atoms with Gasteiger partial charge in [-0.3, -0.25) is 19.7 Å². The van der Waals surface area contributed by atoms with Crippen molar-refractivity contribution in [1.29, 1.82) is 0 Å². The average Bonchev–Trinajstić information content (AvgIpc) is 3.38. The highest BCUT2D eigenvalue weighted by Crippen LogP contribution is 2.34. The van der Waals surface area contributed by atoms with Crippen LogP contribution in [0.5, 0.6) is 0 Å². The molecule has 0 saturated carbocycles. The number of carbonyl (C=O) groups excluding carboxylic acids is 1. The van der Waals surface area contributed by atoms with E-state index in [-0.39, 0.29) is 5.91 Å². The van der Waals surface area contributed by atoms with Gasteiger partial charge < -0.3 is 0 Å². The normalized spacial score (nSPS) is 17.3. The molecule has 0 spiro atoms. The number of nitrogens with zero attached hydrogens (tertiary/aromatic N) is 4. The molecule has 140 valence electrons. The summed E-state index contributed by atoms with van der Waals surface area (Å²) >= 11 is 1.49. The average molecular weight is 382 g/mol. The molecule has 1 aliphatic rings. The fourth-order valence-corrected chi connectivity index (χ4v) is 4.24. The van der Waals surface area contributed by atoms with Crippen LogP contribution in [0, 0.1) is 6.92 Å². The predicted molar refractivity (Wildman–Crippen MR) is 107 cm³/mol. The van der Waals surface area contributed by atoms with Crippen molar-refractivity contribution in [3.8, 4) is 0 Å². The van der Waals surface area contributed by atoms with E-state index in [9.17, 15) is 4.79 Å². The quantitative estimate of drug-likeness (QED) is 0.731. The van der Waals surface area contributed by atoms with E-state index >= 15 is 0 Å². The van der Waals surface area contributed by atoms with Crippen LogP contribution in [-0.4, -0.2) is 32.1 Å². The fraction of sp³-hybridized carbons (Fsp3) is 0.350. The van der Waals surface area contributed by atoms with E-state index in [1.165, 1.54) is 17.0 Å². The first-order chi connectivity index (χ1) is 13.1. The molecule has 0 aliphatic carbocycles. The number of hydrogen-bond donors (Lipinski definition) is 1. The van der Waals surface area contributed by atoms with E-state index < -0.39 is 0 Å². The van der Waals surface area contributed by atoms with E-state index in [0.29, 0.717) is 16.7 Å². The Labute approximate surface area is 162 Å². The van der Waals surface area contributed by atoms with Gasteiger partial charge in [-0.25, -0.2) is 4.98 Å². The smallest absolute Gasteiger partial charge is 0.257 e. The molecule has 1 aromatic carbocycles. The van der Waals surface area contributed by atoms with Gasteiger partial charge in [0.05, 0.1) is 17.4 Å². The van der Waals surface area contributed by atoms with Crippen LogP contribution in [0.15, 0.2) is 41.9 Å². The summed E-state index contributed by atoms with van der Waals surface area (Å²) in [7, 11) is 1.97. The van der Waals surface area contributed by atoms with Gasteiger partial charge in [-0.2, -0.15) is 5.10 Å². The molecule has 1 atom stereocenters. The van der Waals surface area contributed by atoms with Crippen molar-refractivity contribution in [2.75, 3.05) is 11.9 Å². The number of aryl methyl sites for hydroxylation is 2. The lowest BCUT2D eigenvalue weighted by Crippen LogP contribution is -2.24. The standard InChI is InChI=1S/C20H23N5OS/c1-14-5-7-15(8-6-14)19(26)23-20-22-17(13-27-20)18-4-3-11-25(18)12-16-9-10-21-24(16)2/h5-10,13,18H,3-4,11-12H2,1-2H3,(H,22,23,26)/t18-/m1/s1. The van der Waals surface area contributed by atoms with Gasteiger partial charge in [-0.15, -0.1) is 11.3 Å². The van der Waals surface area contributed by atoms with Crippen LogP contribution in [-0.2, 0) is 13.6 Å². The van der Waals surface area contributed by atoms with Crippen LogP contribution in [0.1, 0.15) is 46.2 Å². The van der Waals surface area contributed by atoms with Crippen LogP contribution < -0.4 is 5.32 Å². The van der Waals surface area contributed by atoms with Crippen molar-refractivity contribution < 1.29 is 4.79 Å². The van der Waals surface area contributed by atoms with Crippen molar-refractivity contribution in [3.63, 3.8) is 0 Å². The molecule has 2 aromatic heterocycles. The second-order valence-corrected chi connectivity index (χ2v) is 7.83. The fourth-order valence-electron chi connectivity index (χ4n) is 3.49. The van der Waals surface area contributed by atoms with Crippen LogP contribution >= 0.6 is 11.3 Å². The highest BCUT2D eigenvalue weighted by atomic mass is 32.1. The Morgan fingerprint density at radius 2 is 2.11 bits per heavy atom. The first-order valence-electron chi connectivity index (χ1n) is 9.14. The molecule has 27 heavy (non-hydrogen) atoms. The molecule has 6 nitrogen and oxygen atoms in total. The number of likely N-dealkylation sites (tertiary alicyclic amines) is 1. The summed E-state index contributed by atoms with van der Waals surface area (Å²) < 4.78 is 1.92. The number of aromatic nitrogens is 3. The van der Waals surface area contributed by atoms with Gasteiger partial charge in [-0.05, 0) is 44.5 Å². The van der Waals surface area contributed by atoms with Gasteiger partial charge in [-0.1, -0.05) is 17.7 Å². The number of thiazole rings is 1. The molecule has 1 fully saturated rings. The second-order valence-electron chi connectivity index (χ2n) is 6.97. The maximum absolute atomic E-state index is 12.4. The number of benzene rings is 1. The first kappa shape index (κ1) is 17.9. The molecule has 1 N–H and O–H groups in total. The summed E-state index contributed by atoms with van der Waals surface area (Å²) in [6.45, 7) is 3.93. The minimum Gasteiger partial charge on any atom is -0.298 e. The number of carbonyl (C=O) groups is 1. The topological polar surface area (TPSA) is 63.1 Å². The Bertz CT molecular complexity index is 930.